The molecule has 2 rings (SSSR count). The average molecular weight is 300 g/mol. The standard InChI is InChI=1S/C16H20N4O2/c1-4-11(5-2)17-18-15(21)14-12-9-7-8-10-13(12)16(22)20(6-3)19-14/h7-10H,4-6H2,1-3H3,(H,18,21). The molecule has 0 saturated carbocycles. The smallest absolute Gasteiger partial charge is 0.267 e. The van der Waals surface area contributed by atoms with Crippen LogP contribution in [0.3, 0.4) is 0 Å². The van der Waals surface area contributed by atoms with Gasteiger partial charge in [0.05, 0.1) is 5.39 Å². The second-order valence-electron chi connectivity index (χ2n) is 4.84. The molecule has 2 aromatic rings. The zero-order chi connectivity index (χ0) is 16.1. The van der Waals surface area contributed by atoms with Gasteiger partial charge in [-0.05, 0) is 25.8 Å². The monoisotopic (exact) mass is 300 g/mol. The highest BCUT2D eigenvalue weighted by Crippen LogP contribution is 2.13. The minimum Gasteiger partial charge on any atom is -0.267 e. The molecule has 0 aliphatic heterocycles. The van der Waals surface area contributed by atoms with Crippen molar-refractivity contribution in [2.24, 2.45) is 5.10 Å². The van der Waals surface area contributed by atoms with Crippen molar-refractivity contribution in [1.29, 1.82) is 0 Å². The van der Waals surface area contributed by atoms with Crippen molar-refractivity contribution in [2.75, 3.05) is 0 Å². The quantitative estimate of drug-likeness (QED) is 0.680. The molecule has 1 heterocycles. The molecule has 1 aromatic heterocycles. The number of carbonyl (C=O) groups is 1. The minimum atomic E-state index is -0.405. The normalized spacial score (nSPS) is 10.5. The van der Waals surface area contributed by atoms with Crippen molar-refractivity contribution in [3.05, 3.63) is 40.3 Å². The van der Waals surface area contributed by atoms with Crippen LogP contribution in [0.2, 0.25) is 0 Å². The van der Waals surface area contributed by atoms with Crippen LogP contribution in [-0.4, -0.2) is 21.4 Å². The van der Waals surface area contributed by atoms with Gasteiger partial charge < -0.3 is 0 Å². The van der Waals surface area contributed by atoms with Crippen LogP contribution < -0.4 is 11.0 Å². The summed E-state index contributed by atoms with van der Waals surface area (Å²) < 4.78 is 1.29. The van der Waals surface area contributed by atoms with Crippen LogP contribution in [0.1, 0.15) is 44.1 Å². The number of fused-ring (bicyclic) bond motifs is 1. The number of benzene rings is 1. The molecule has 0 aliphatic rings. The third-order valence-electron chi connectivity index (χ3n) is 3.51. The Morgan fingerprint density at radius 2 is 1.82 bits per heavy atom. The Morgan fingerprint density at radius 1 is 1.18 bits per heavy atom. The molecule has 1 N–H and O–H groups in total. The van der Waals surface area contributed by atoms with E-state index >= 15 is 0 Å². The first-order valence-corrected chi connectivity index (χ1v) is 7.47. The maximum Gasteiger partial charge on any atom is 0.292 e. The zero-order valence-corrected chi connectivity index (χ0v) is 13.1. The summed E-state index contributed by atoms with van der Waals surface area (Å²) in [6, 6.07) is 6.98. The van der Waals surface area contributed by atoms with Gasteiger partial charge in [-0.15, -0.1) is 0 Å². The zero-order valence-electron chi connectivity index (χ0n) is 13.1. The number of nitrogens with zero attached hydrogens (tertiary/aromatic N) is 3. The molecule has 0 radical (unpaired) electrons. The fraction of sp³-hybridized carbons (Fsp3) is 0.375. The van der Waals surface area contributed by atoms with Crippen LogP contribution in [0, 0.1) is 0 Å². The van der Waals surface area contributed by atoms with Crippen LogP contribution in [0.4, 0.5) is 0 Å². The molecular formula is C16H20N4O2. The van der Waals surface area contributed by atoms with Crippen molar-refractivity contribution in [1.82, 2.24) is 15.2 Å². The summed E-state index contributed by atoms with van der Waals surface area (Å²) >= 11 is 0. The largest absolute Gasteiger partial charge is 0.292 e. The van der Waals surface area contributed by atoms with Gasteiger partial charge in [0.2, 0.25) is 0 Å². The Balaban J connectivity index is 2.51. The summed E-state index contributed by atoms with van der Waals surface area (Å²) in [6.45, 7) is 6.19. The van der Waals surface area contributed by atoms with Crippen LogP contribution in [0.5, 0.6) is 0 Å². The minimum absolute atomic E-state index is 0.194. The van der Waals surface area contributed by atoms with Gasteiger partial charge >= 0.3 is 0 Å². The number of aryl methyl sites for hydroxylation is 1. The molecule has 0 spiro atoms. The molecule has 0 saturated heterocycles. The number of aromatic nitrogens is 2. The number of hydrogen-bond acceptors (Lipinski definition) is 4. The second-order valence-corrected chi connectivity index (χ2v) is 4.84. The van der Waals surface area contributed by atoms with Crippen LogP contribution >= 0.6 is 0 Å². The Morgan fingerprint density at radius 3 is 2.41 bits per heavy atom. The second kappa shape index (κ2) is 6.98. The number of amides is 1. The topological polar surface area (TPSA) is 76.3 Å². The highest BCUT2D eigenvalue weighted by atomic mass is 16.2. The fourth-order valence-corrected chi connectivity index (χ4v) is 2.21. The van der Waals surface area contributed by atoms with Gasteiger partial charge in [0.25, 0.3) is 11.5 Å². The van der Waals surface area contributed by atoms with Crippen molar-refractivity contribution in [3.63, 3.8) is 0 Å². The molecule has 0 unspecified atom stereocenters. The van der Waals surface area contributed by atoms with Crippen molar-refractivity contribution in [3.8, 4) is 0 Å². The molecule has 0 fully saturated rings. The number of hydrazone groups is 1. The summed E-state index contributed by atoms with van der Waals surface area (Å²) in [5, 5.41) is 9.31. The first-order valence-electron chi connectivity index (χ1n) is 7.47. The van der Waals surface area contributed by atoms with E-state index in [1.807, 2.05) is 20.8 Å². The molecule has 116 valence electrons. The number of hydrogen-bond donors (Lipinski definition) is 1. The van der Waals surface area contributed by atoms with E-state index in [0.29, 0.717) is 17.3 Å². The molecule has 6 nitrogen and oxygen atoms in total. The van der Waals surface area contributed by atoms with Gasteiger partial charge in [-0.1, -0.05) is 32.0 Å². The molecule has 0 aliphatic carbocycles. The van der Waals surface area contributed by atoms with E-state index in [4.69, 9.17) is 0 Å². The summed E-state index contributed by atoms with van der Waals surface area (Å²) in [7, 11) is 0. The van der Waals surface area contributed by atoms with E-state index in [1.54, 1.807) is 24.3 Å². The highest BCUT2D eigenvalue weighted by Gasteiger charge is 2.15. The van der Waals surface area contributed by atoms with Gasteiger partial charge in [-0.2, -0.15) is 10.2 Å². The van der Waals surface area contributed by atoms with Crippen LogP contribution in [0.15, 0.2) is 34.2 Å². The molecule has 22 heavy (non-hydrogen) atoms. The molecule has 0 atom stereocenters. The number of nitrogens with one attached hydrogen (secondary N) is 1. The van der Waals surface area contributed by atoms with E-state index in [1.165, 1.54) is 4.68 Å². The summed E-state index contributed by atoms with van der Waals surface area (Å²) in [5.41, 5.74) is 3.46. The maximum absolute atomic E-state index is 12.4. The average Bonchev–Trinajstić information content (AvgIpc) is 2.56. The van der Waals surface area contributed by atoms with E-state index < -0.39 is 5.91 Å². The van der Waals surface area contributed by atoms with Gasteiger partial charge in [0, 0.05) is 17.6 Å². The molecular weight excluding hydrogens is 280 g/mol. The Labute approximate surface area is 128 Å². The molecule has 0 bridgehead atoms. The van der Waals surface area contributed by atoms with E-state index in [9.17, 15) is 9.59 Å². The van der Waals surface area contributed by atoms with Gasteiger partial charge in [-0.3, -0.25) is 9.59 Å². The molecule has 1 amide bonds. The maximum atomic E-state index is 12.4. The lowest BCUT2D eigenvalue weighted by molar-refractivity contribution is 0.0949. The highest BCUT2D eigenvalue weighted by molar-refractivity contribution is 6.05. The van der Waals surface area contributed by atoms with Crippen molar-refractivity contribution < 1.29 is 4.79 Å². The van der Waals surface area contributed by atoms with Gasteiger partial charge in [0.15, 0.2) is 5.69 Å². The van der Waals surface area contributed by atoms with Crippen molar-refractivity contribution in [2.45, 2.75) is 40.2 Å². The Hall–Kier alpha value is -2.50. The Bertz CT molecular complexity index is 771. The SMILES string of the molecule is CCC(CC)=NNC(=O)c1nn(CC)c(=O)c2ccccc12. The van der Waals surface area contributed by atoms with E-state index in [0.717, 1.165) is 18.6 Å². The summed E-state index contributed by atoms with van der Waals surface area (Å²) in [6.07, 6.45) is 1.55. The van der Waals surface area contributed by atoms with Crippen LogP contribution in [-0.2, 0) is 6.54 Å². The lowest BCUT2D eigenvalue weighted by Gasteiger charge is -2.09. The number of rotatable bonds is 5. The number of carbonyl (C=O) groups excluding carboxylic acids is 1. The van der Waals surface area contributed by atoms with Gasteiger partial charge in [0.1, 0.15) is 0 Å². The lowest BCUT2D eigenvalue weighted by atomic mass is 10.1. The van der Waals surface area contributed by atoms with Gasteiger partial charge in [-0.25, -0.2) is 10.1 Å². The molecule has 6 heteroatoms. The molecule has 1 aromatic carbocycles. The van der Waals surface area contributed by atoms with Crippen molar-refractivity contribution >= 4 is 22.4 Å². The first-order chi connectivity index (χ1) is 10.6. The third-order valence-corrected chi connectivity index (χ3v) is 3.51. The predicted molar refractivity (Wildman–Crippen MR) is 87.2 cm³/mol. The Kier molecular flexibility index (Phi) is 5.04. The lowest BCUT2D eigenvalue weighted by Crippen LogP contribution is -2.28. The predicted octanol–water partition coefficient (Wildman–Crippen LogP) is 2.32. The van der Waals surface area contributed by atoms with E-state index in [-0.39, 0.29) is 11.3 Å². The summed E-state index contributed by atoms with van der Waals surface area (Å²) in [5.74, 6) is -0.405. The third kappa shape index (κ3) is 3.05. The van der Waals surface area contributed by atoms with Crippen LogP contribution in [0.25, 0.3) is 10.8 Å². The summed E-state index contributed by atoms with van der Waals surface area (Å²) in [4.78, 5) is 24.6. The van der Waals surface area contributed by atoms with E-state index in [2.05, 4.69) is 15.6 Å². The fourth-order valence-electron chi connectivity index (χ4n) is 2.21. The first kappa shape index (κ1) is 15.9.